The minimum absolute atomic E-state index is 0.0104. The van der Waals surface area contributed by atoms with Gasteiger partial charge < -0.3 is 14.8 Å². The molecule has 1 unspecified atom stereocenters. The Labute approximate surface area is 200 Å². The number of halogens is 2. The lowest BCUT2D eigenvalue weighted by Crippen LogP contribution is -2.48. The van der Waals surface area contributed by atoms with Crippen LogP contribution < -0.4 is 20.2 Å². The zero-order chi connectivity index (χ0) is 23.8. The molecule has 0 aliphatic rings. The van der Waals surface area contributed by atoms with E-state index in [9.17, 15) is 14.0 Å². The first-order chi connectivity index (χ1) is 15.1. The van der Waals surface area contributed by atoms with Crippen LogP contribution in [0.2, 0.25) is 0 Å². The highest BCUT2D eigenvalue weighted by Gasteiger charge is 2.25. The first-order valence-electron chi connectivity index (χ1n) is 10.1. The number of carbonyl (C=O) groups is 2. The number of amides is 2. The monoisotopic (exact) mass is 555 g/mol. The quantitative estimate of drug-likeness (QED) is 0.277. The van der Waals surface area contributed by atoms with Gasteiger partial charge in [0.2, 0.25) is 0 Å². The van der Waals surface area contributed by atoms with Crippen LogP contribution in [-0.2, 0) is 4.79 Å². The highest BCUT2D eigenvalue weighted by atomic mass is 127. The number of hydrogen-bond acceptors (Lipinski definition) is 5. The Morgan fingerprint density at radius 2 is 1.84 bits per heavy atom. The highest BCUT2D eigenvalue weighted by molar-refractivity contribution is 14.1. The second kappa shape index (κ2) is 11.8. The van der Waals surface area contributed by atoms with Crippen LogP contribution >= 0.6 is 22.6 Å². The van der Waals surface area contributed by atoms with Gasteiger partial charge in [0.05, 0.1) is 28.6 Å². The lowest BCUT2D eigenvalue weighted by Gasteiger charge is -2.20. The summed E-state index contributed by atoms with van der Waals surface area (Å²) in [6, 6.07) is 8.29. The van der Waals surface area contributed by atoms with Crippen molar-refractivity contribution in [1.82, 2.24) is 10.7 Å². The fourth-order valence-corrected chi connectivity index (χ4v) is 3.56. The molecule has 0 aliphatic carbocycles. The van der Waals surface area contributed by atoms with Crippen molar-refractivity contribution in [3.05, 3.63) is 56.9 Å². The minimum atomic E-state index is -0.893. The van der Waals surface area contributed by atoms with Crippen LogP contribution in [-0.4, -0.2) is 37.3 Å². The van der Waals surface area contributed by atoms with Crippen molar-refractivity contribution < 1.29 is 23.5 Å². The molecule has 0 aliphatic heterocycles. The standard InChI is InChI=1S/C23H27FIN3O4/c1-13(2)20(27-22(29)16-8-6-7-9-17(16)24)23(30)28-26-12-15-10-18(25)21(32-14(3)4)19(11-15)31-5/h6-14,20H,1-5H3,(H,27,29)(H,28,30)/b26-12+. The van der Waals surface area contributed by atoms with E-state index in [1.54, 1.807) is 33.1 Å². The molecule has 0 bridgehead atoms. The number of nitrogens with zero attached hydrogens (tertiary/aromatic N) is 1. The molecule has 1 atom stereocenters. The molecule has 2 N–H and O–H groups in total. The van der Waals surface area contributed by atoms with E-state index in [1.165, 1.54) is 24.4 Å². The molecule has 9 heteroatoms. The predicted molar refractivity (Wildman–Crippen MR) is 130 cm³/mol. The number of carbonyl (C=O) groups excluding carboxylic acids is 2. The zero-order valence-corrected chi connectivity index (χ0v) is 20.8. The van der Waals surface area contributed by atoms with Crippen LogP contribution in [0.3, 0.4) is 0 Å². The Balaban J connectivity index is 2.11. The number of rotatable bonds is 9. The van der Waals surface area contributed by atoms with Gasteiger partial charge in [-0.1, -0.05) is 26.0 Å². The zero-order valence-electron chi connectivity index (χ0n) is 18.6. The second-order valence-corrected chi connectivity index (χ2v) is 8.77. The third kappa shape index (κ3) is 6.91. The van der Waals surface area contributed by atoms with Gasteiger partial charge in [-0.25, -0.2) is 9.82 Å². The largest absolute Gasteiger partial charge is 0.493 e. The Hall–Kier alpha value is -2.69. The fraction of sp³-hybridized carbons (Fsp3) is 0.348. The SMILES string of the molecule is COc1cc(/C=N/NC(=O)C(NC(=O)c2ccccc2F)C(C)C)cc(I)c1OC(C)C. The molecule has 0 heterocycles. The summed E-state index contributed by atoms with van der Waals surface area (Å²) in [6.45, 7) is 7.40. The molecule has 2 rings (SSSR count). The van der Waals surface area contributed by atoms with Crippen molar-refractivity contribution in [3.63, 3.8) is 0 Å². The van der Waals surface area contributed by atoms with E-state index in [4.69, 9.17) is 9.47 Å². The molecule has 0 fully saturated rings. The third-order valence-corrected chi connectivity index (χ3v) is 5.15. The average molecular weight is 555 g/mol. The van der Waals surface area contributed by atoms with Crippen LogP contribution in [0.5, 0.6) is 11.5 Å². The van der Waals surface area contributed by atoms with Crippen LogP contribution in [0.15, 0.2) is 41.5 Å². The third-order valence-electron chi connectivity index (χ3n) is 4.35. The van der Waals surface area contributed by atoms with Gasteiger partial charge in [-0.15, -0.1) is 0 Å². The molecule has 7 nitrogen and oxygen atoms in total. The van der Waals surface area contributed by atoms with Gasteiger partial charge in [0.25, 0.3) is 11.8 Å². The van der Waals surface area contributed by atoms with Gasteiger partial charge >= 0.3 is 0 Å². The Morgan fingerprint density at radius 1 is 1.16 bits per heavy atom. The molecule has 2 aromatic carbocycles. The number of methoxy groups -OCH3 is 1. The number of benzene rings is 2. The molecule has 2 amide bonds. The Kier molecular flexibility index (Phi) is 9.42. The Bertz CT molecular complexity index is 995. The smallest absolute Gasteiger partial charge is 0.262 e. The molecular formula is C23H27FIN3O4. The van der Waals surface area contributed by atoms with Crippen LogP contribution in [0.25, 0.3) is 0 Å². The lowest BCUT2D eigenvalue weighted by molar-refractivity contribution is -0.123. The maximum absolute atomic E-state index is 13.9. The van der Waals surface area contributed by atoms with E-state index < -0.39 is 23.7 Å². The van der Waals surface area contributed by atoms with Gasteiger partial charge in [0.1, 0.15) is 11.9 Å². The van der Waals surface area contributed by atoms with Gasteiger partial charge in [0.15, 0.2) is 11.5 Å². The molecule has 0 aromatic heterocycles. The van der Waals surface area contributed by atoms with E-state index in [-0.39, 0.29) is 17.6 Å². The van der Waals surface area contributed by atoms with Gasteiger partial charge in [-0.3, -0.25) is 9.59 Å². The van der Waals surface area contributed by atoms with E-state index in [0.29, 0.717) is 17.1 Å². The highest BCUT2D eigenvalue weighted by Crippen LogP contribution is 2.34. The number of ether oxygens (including phenoxy) is 2. The van der Waals surface area contributed by atoms with Crippen LogP contribution in [0, 0.1) is 15.3 Å². The van der Waals surface area contributed by atoms with E-state index >= 15 is 0 Å². The maximum Gasteiger partial charge on any atom is 0.262 e. The average Bonchev–Trinajstić information content (AvgIpc) is 2.73. The topological polar surface area (TPSA) is 89.0 Å². The minimum Gasteiger partial charge on any atom is -0.493 e. The predicted octanol–water partition coefficient (Wildman–Crippen LogP) is 4.13. The fourth-order valence-electron chi connectivity index (χ4n) is 2.80. The number of hydrazone groups is 1. The van der Waals surface area contributed by atoms with E-state index in [1.807, 2.05) is 19.9 Å². The van der Waals surface area contributed by atoms with Crippen molar-refractivity contribution in [2.24, 2.45) is 11.0 Å². The van der Waals surface area contributed by atoms with Crippen LogP contribution in [0.4, 0.5) is 4.39 Å². The summed E-state index contributed by atoms with van der Waals surface area (Å²) in [7, 11) is 1.55. The summed E-state index contributed by atoms with van der Waals surface area (Å²) < 4.78 is 25.9. The lowest BCUT2D eigenvalue weighted by atomic mass is 10.0. The first-order valence-corrected chi connectivity index (χ1v) is 11.1. The normalized spacial score (nSPS) is 12.2. The number of nitrogens with one attached hydrogen (secondary N) is 2. The van der Waals surface area contributed by atoms with Gasteiger partial charge in [0, 0.05) is 0 Å². The van der Waals surface area contributed by atoms with Crippen molar-refractivity contribution >= 4 is 40.6 Å². The summed E-state index contributed by atoms with van der Waals surface area (Å²) in [5.41, 5.74) is 3.00. The molecular weight excluding hydrogens is 528 g/mol. The van der Waals surface area contributed by atoms with Crippen LogP contribution in [0.1, 0.15) is 43.6 Å². The maximum atomic E-state index is 13.9. The summed E-state index contributed by atoms with van der Waals surface area (Å²) in [5.74, 6) is -0.882. The molecule has 0 spiro atoms. The summed E-state index contributed by atoms with van der Waals surface area (Å²) in [6.07, 6.45) is 1.46. The van der Waals surface area contributed by atoms with Gasteiger partial charge in [-0.2, -0.15) is 5.10 Å². The van der Waals surface area contributed by atoms with E-state index in [0.717, 1.165) is 3.57 Å². The van der Waals surface area contributed by atoms with Gasteiger partial charge in [-0.05, 0) is 72.2 Å². The Morgan fingerprint density at radius 3 is 2.44 bits per heavy atom. The molecule has 0 radical (unpaired) electrons. The summed E-state index contributed by atoms with van der Waals surface area (Å²) in [4.78, 5) is 25.0. The molecule has 0 saturated heterocycles. The first kappa shape index (κ1) is 25.6. The van der Waals surface area contributed by atoms with Crippen molar-refractivity contribution in [2.45, 2.75) is 39.8 Å². The second-order valence-electron chi connectivity index (χ2n) is 7.61. The number of hydrogen-bond donors (Lipinski definition) is 2. The molecule has 0 saturated carbocycles. The van der Waals surface area contributed by atoms with E-state index in [2.05, 4.69) is 38.4 Å². The molecule has 172 valence electrons. The summed E-state index contributed by atoms with van der Waals surface area (Å²) in [5, 5.41) is 6.57. The van der Waals surface area contributed by atoms with Crippen molar-refractivity contribution in [2.75, 3.05) is 7.11 Å². The van der Waals surface area contributed by atoms with Crippen molar-refractivity contribution in [1.29, 1.82) is 0 Å². The molecule has 2 aromatic rings. The summed E-state index contributed by atoms with van der Waals surface area (Å²) >= 11 is 2.14. The molecule has 32 heavy (non-hydrogen) atoms. The van der Waals surface area contributed by atoms with Crippen molar-refractivity contribution in [3.8, 4) is 11.5 Å².